The molecule has 0 spiro atoms. The second kappa shape index (κ2) is 5.65. The minimum absolute atomic E-state index is 0.401. The fraction of sp³-hybridized carbons (Fsp3) is 0.600. The van der Waals surface area contributed by atoms with Crippen molar-refractivity contribution in [2.45, 2.75) is 45.2 Å². The Labute approximate surface area is 105 Å². The van der Waals surface area contributed by atoms with Crippen molar-refractivity contribution in [2.24, 2.45) is 5.73 Å². The highest BCUT2D eigenvalue weighted by molar-refractivity contribution is 5.25. The molecule has 17 heavy (non-hydrogen) atoms. The number of benzene rings is 1. The van der Waals surface area contributed by atoms with E-state index < -0.39 is 0 Å². The van der Waals surface area contributed by atoms with Gasteiger partial charge in [0.1, 0.15) is 0 Å². The van der Waals surface area contributed by atoms with Gasteiger partial charge in [0.2, 0.25) is 0 Å². The van der Waals surface area contributed by atoms with Crippen LogP contribution in [0.5, 0.6) is 0 Å². The molecule has 0 radical (unpaired) electrons. The molecule has 1 saturated heterocycles. The number of hydrogen-bond donors (Lipinski definition) is 1. The van der Waals surface area contributed by atoms with Crippen molar-refractivity contribution in [2.75, 3.05) is 13.1 Å². The number of rotatable bonds is 4. The fourth-order valence-electron chi connectivity index (χ4n) is 2.86. The summed E-state index contributed by atoms with van der Waals surface area (Å²) in [5, 5.41) is 0. The van der Waals surface area contributed by atoms with Crippen molar-refractivity contribution in [3.05, 3.63) is 35.4 Å². The molecule has 1 fully saturated rings. The first kappa shape index (κ1) is 12.6. The molecule has 2 nitrogen and oxygen atoms in total. The van der Waals surface area contributed by atoms with Crippen LogP contribution in [-0.4, -0.2) is 24.0 Å². The van der Waals surface area contributed by atoms with E-state index in [-0.39, 0.29) is 0 Å². The molecule has 1 aliphatic heterocycles. The molecule has 0 aliphatic carbocycles. The van der Waals surface area contributed by atoms with E-state index in [0.29, 0.717) is 12.1 Å². The van der Waals surface area contributed by atoms with Gasteiger partial charge in [0.15, 0.2) is 0 Å². The number of nitrogens with two attached hydrogens (primary N) is 1. The van der Waals surface area contributed by atoms with E-state index in [1.807, 2.05) is 0 Å². The predicted molar refractivity (Wildman–Crippen MR) is 73.0 cm³/mol. The van der Waals surface area contributed by atoms with Gasteiger partial charge < -0.3 is 5.73 Å². The summed E-state index contributed by atoms with van der Waals surface area (Å²) in [6.45, 7) is 6.42. The molecule has 2 rings (SSSR count). The summed E-state index contributed by atoms with van der Waals surface area (Å²) in [6, 6.07) is 10.0. The van der Waals surface area contributed by atoms with Crippen LogP contribution in [0.3, 0.4) is 0 Å². The normalized spacial score (nSPS) is 22.9. The van der Waals surface area contributed by atoms with Crippen LogP contribution in [0.4, 0.5) is 0 Å². The molecule has 1 aliphatic rings. The van der Waals surface area contributed by atoms with Gasteiger partial charge in [-0.25, -0.2) is 0 Å². The molecule has 0 bridgehead atoms. The molecule has 0 amide bonds. The lowest BCUT2D eigenvalue weighted by Gasteiger charge is -2.31. The lowest BCUT2D eigenvalue weighted by atomic mass is 10.0. The van der Waals surface area contributed by atoms with E-state index in [1.54, 1.807) is 0 Å². The van der Waals surface area contributed by atoms with Crippen molar-refractivity contribution in [1.82, 2.24) is 4.90 Å². The van der Waals surface area contributed by atoms with Crippen LogP contribution in [0.2, 0.25) is 0 Å². The molecular weight excluding hydrogens is 208 g/mol. The van der Waals surface area contributed by atoms with E-state index in [4.69, 9.17) is 5.73 Å². The molecule has 2 atom stereocenters. The second-order valence-corrected chi connectivity index (χ2v) is 5.08. The van der Waals surface area contributed by atoms with Gasteiger partial charge >= 0.3 is 0 Å². The SMILES string of the molecule is CCc1ccc(C(CN)N2CCCC2C)cc1. The lowest BCUT2D eigenvalue weighted by molar-refractivity contribution is 0.195. The van der Waals surface area contributed by atoms with Crippen molar-refractivity contribution in [1.29, 1.82) is 0 Å². The second-order valence-electron chi connectivity index (χ2n) is 5.08. The van der Waals surface area contributed by atoms with Gasteiger partial charge in [-0.15, -0.1) is 0 Å². The molecule has 1 heterocycles. The summed E-state index contributed by atoms with van der Waals surface area (Å²) in [5.74, 6) is 0. The van der Waals surface area contributed by atoms with Gasteiger partial charge in [0.25, 0.3) is 0 Å². The summed E-state index contributed by atoms with van der Waals surface area (Å²) in [6.07, 6.45) is 3.72. The minimum atomic E-state index is 0.401. The third-order valence-corrected chi connectivity index (χ3v) is 4.00. The number of aryl methyl sites for hydroxylation is 1. The van der Waals surface area contributed by atoms with E-state index in [9.17, 15) is 0 Å². The maximum Gasteiger partial charge on any atom is 0.0473 e. The predicted octanol–water partition coefficient (Wildman–Crippen LogP) is 2.73. The summed E-state index contributed by atoms with van der Waals surface area (Å²) in [4.78, 5) is 2.56. The summed E-state index contributed by atoms with van der Waals surface area (Å²) >= 11 is 0. The maximum absolute atomic E-state index is 5.98. The highest BCUT2D eigenvalue weighted by Gasteiger charge is 2.27. The Morgan fingerprint density at radius 3 is 2.53 bits per heavy atom. The Kier molecular flexibility index (Phi) is 4.19. The Bertz CT molecular complexity index is 344. The van der Waals surface area contributed by atoms with E-state index in [1.165, 1.54) is 30.5 Å². The van der Waals surface area contributed by atoms with Gasteiger partial charge in [-0.05, 0) is 43.9 Å². The van der Waals surface area contributed by atoms with Crippen molar-refractivity contribution < 1.29 is 0 Å². The van der Waals surface area contributed by atoms with Gasteiger partial charge in [-0.3, -0.25) is 4.90 Å². The van der Waals surface area contributed by atoms with Crippen LogP contribution in [0.1, 0.15) is 43.9 Å². The van der Waals surface area contributed by atoms with Gasteiger partial charge in [-0.2, -0.15) is 0 Å². The first-order chi connectivity index (χ1) is 8.26. The van der Waals surface area contributed by atoms with E-state index in [0.717, 1.165) is 13.0 Å². The van der Waals surface area contributed by atoms with E-state index in [2.05, 4.69) is 43.0 Å². The lowest BCUT2D eigenvalue weighted by Crippen LogP contribution is -2.35. The zero-order valence-electron chi connectivity index (χ0n) is 11.0. The first-order valence-electron chi connectivity index (χ1n) is 6.81. The summed E-state index contributed by atoms with van der Waals surface area (Å²) in [5.41, 5.74) is 8.75. The fourth-order valence-corrected chi connectivity index (χ4v) is 2.86. The number of hydrogen-bond acceptors (Lipinski definition) is 2. The molecule has 1 aromatic rings. The Morgan fingerprint density at radius 1 is 1.35 bits per heavy atom. The molecule has 94 valence electrons. The Morgan fingerprint density at radius 2 is 2.06 bits per heavy atom. The molecule has 2 N–H and O–H groups in total. The smallest absolute Gasteiger partial charge is 0.0473 e. The molecule has 0 aromatic heterocycles. The van der Waals surface area contributed by atoms with E-state index >= 15 is 0 Å². The van der Waals surface area contributed by atoms with Crippen molar-refractivity contribution in [3.8, 4) is 0 Å². The van der Waals surface area contributed by atoms with Crippen LogP contribution in [0.25, 0.3) is 0 Å². The third-order valence-electron chi connectivity index (χ3n) is 4.00. The number of likely N-dealkylation sites (tertiary alicyclic amines) is 1. The molecule has 2 unspecified atom stereocenters. The van der Waals surface area contributed by atoms with Crippen LogP contribution in [-0.2, 0) is 6.42 Å². The van der Waals surface area contributed by atoms with Gasteiger partial charge in [0.05, 0.1) is 0 Å². The van der Waals surface area contributed by atoms with Crippen LogP contribution in [0.15, 0.2) is 24.3 Å². The maximum atomic E-state index is 5.98. The summed E-state index contributed by atoms with van der Waals surface area (Å²) in [7, 11) is 0. The Balaban J connectivity index is 2.16. The Hall–Kier alpha value is -0.860. The van der Waals surface area contributed by atoms with Gasteiger partial charge in [-0.1, -0.05) is 31.2 Å². The zero-order chi connectivity index (χ0) is 12.3. The standard InChI is InChI=1S/C15H24N2/c1-3-13-6-8-14(9-7-13)15(11-16)17-10-4-5-12(17)2/h6-9,12,15H,3-5,10-11,16H2,1-2H3. The van der Waals surface area contributed by atoms with Crippen molar-refractivity contribution in [3.63, 3.8) is 0 Å². The van der Waals surface area contributed by atoms with Crippen LogP contribution < -0.4 is 5.73 Å². The highest BCUT2D eigenvalue weighted by Crippen LogP contribution is 2.28. The third kappa shape index (κ3) is 2.70. The summed E-state index contributed by atoms with van der Waals surface area (Å²) < 4.78 is 0. The largest absolute Gasteiger partial charge is 0.329 e. The molecule has 1 aromatic carbocycles. The molecule has 2 heteroatoms. The first-order valence-corrected chi connectivity index (χ1v) is 6.81. The number of nitrogens with zero attached hydrogens (tertiary/aromatic N) is 1. The average molecular weight is 232 g/mol. The van der Waals surface area contributed by atoms with Crippen LogP contribution in [0, 0.1) is 0 Å². The molecular formula is C15H24N2. The minimum Gasteiger partial charge on any atom is -0.329 e. The quantitative estimate of drug-likeness (QED) is 0.865. The van der Waals surface area contributed by atoms with Gasteiger partial charge in [0, 0.05) is 18.6 Å². The highest BCUT2D eigenvalue weighted by atomic mass is 15.2. The molecule has 0 saturated carbocycles. The average Bonchev–Trinajstić information content (AvgIpc) is 2.78. The topological polar surface area (TPSA) is 29.3 Å². The van der Waals surface area contributed by atoms with Crippen LogP contribution >= 0.6 is 0 Å². The monoisotopic (exact) mass is 232 g/mol. The zero-order valence-corrected chi connectivity index (χ0v) is 11.0. The van der Waals surface area contributed by atoms with Crippen molar-refractivity contribution >= 4 is 0 Å².